The van der Waals surface area contributed by atoms with Crippen molar-refractivity contribution < 1.29 is 45.2 Å². The third kappa shape index (κ3) is 5.41. The zero-order valence-electron chi connectivity index (χ0n) is 28.4. The smallest absolute Gasteiger partial charge is 0.186 e. The van der Waals surface area contributed by atoms with Gasteiger partial charge in [-0.15, -0.1) is 0 Å². The molecule has 4 saturated carbocycles. The maximum absolute atomic E-state index is 12.0. The fourth-order valence-electron chi connectivity index (χ4n) is 11.5. The lowest BCUT2D eigenvalue weighted by Crippen LogP contribution is -2.70. The van der Waals surface area contributed by atoms with Crippen LogP contribution in [0, 0.1) is 45.3 Å². The van der Waals surface area contributed by atoms with Gasteiger partial charge in [0, 0.05) is 0 Å². The Kier molecular flexibility index (Phi) is 9.62. The van der Waals surface area contributed by atoms with E-state index in [-0.39, 0.29) is 39.9 Å². The molecule has 7 N–H and O–H groups in total. The summed E-state index contributed by atoms with van der Waals surface area (Å²) in [5.41, 5.74) is 0.564. The zero-order chi connectivity index (χ0) is 33.4. The number of fused-ring (bicyclic) bond motifs is 5. The molecule has 0 aromatic rings. The molecule has 5 fully saturated rings. The standard InChI is InChI=1S/C36H60O9/c1-18(2)21(38)10-9-19(3)20-11-14-35(7)27(20)22(39)15-25-34(6)13-12-26(40)33(4,5)31(34)23(16-36(25,35)8)44-32-30(43)29(42)28(41)24(17-37)45-32/h9,20-32,37-43H,1,10-17H2,2-8H3/b19-9-/t20-,21+,22-,23+,24-,25-,26+,27+,28-,29+,30-,31-,32-,34-,35-,36-/m1/s1. The van der Waals surface area contributed by atoms with Crippen molar-refractivity contribution in [2.24, 2.45) is 45.3 Å². The first-order valence-corrected chi connectivity index (χ1v) is 17.2. The van der Waals surface area contributed by atoms with E-state index >= 15 is 0 Å². The predicted octanol–water partition coefficient (Wildman–Crippen LogP) is 3.07. The van der Waals surface area contributed by atoms with E-state index in [0.29, 0.717) is 25.7 Å². The average Bonchev–Trinajstić information content (AvgIpc) is 3.35. The van der Waals surface area contributed by atoms with E-state index in [1.807, 2.05) is 6.92 Å². The Hall–Kier alpha value is -0.880. The molecule has 0 bridgehead atoms. The van der Waals surface area contributed by atoms with Crippen molar-refractivity contribution >= 4 is 0 Å². The van der Waals surface area contributed by atoms with Crippen molar-refractivity contribution in [1.82, 2.24) is 0 Å². The zero-order valence-corrected chi connectivity index (χ0v) is 28.4. The second-order valence-corrected chi connectivity index (χ2v) is 16.8. The highest BCUT2D eigenvalue weighted by Gasteiger charge is 2.72. The molecule has 16 atom stereocenters. The second kappa shape index (κ2) is 12.2. The third-order valence-electron chi connectivity index (χ3n) is 14.2. The van der Waals surface area contributed by atoms with Gasteiger partial charge in [-0.1, -0.05) is 58.4 Å². The van der Waals surface area contributed by atoms with Crippen LogP contribution < -0.4 is 0 Å². The molecule has 1 saturated heterocycles. The Labute approximate surface area is 269 Å². The molecule has 9 nitrogen and oxygen atoms in total. The van der Waals surface area contributed by atoms with Gasteiger partial charge < -0.3 is 45.2 Å². The molecule has 5 aliphatic rings. The molecule has 0 aromatic carbocycles. The minimum atomic E-state index is -1.54. The van der Waals surface area contributed by atoms with Crippen LogP contribution in [0.15, 0.2) is 23.8 Å². The molecule has 1 heterocycles. The summed E-state index contributed by atoms with van der Waals surface area (Å²) in [6.45, 7) is 18.4. The van der Waals surface area contributed by atoms with Crippen LogP contribution in [-0.2, 0) is 9.47 Å². The van der Waals surface area contributed by atoms with Gasteiger partial charge in [0.05, 0.1) is 31.0 Å². The van der Waals surface area contributed by atoms with Crippen LogP contribution in [0.3, 0.4) is 0 Å². The Morgan fingerprint density at radius 3 is 2.24 bits per heavy atom. The lowest BCUT2D eigenvalue weighted by Gasteiger charge is -2.72. The van der Waals surface area contributed by atoms with E-state index in [1.54, 1.807) is 0 Å². The highest BCUT2D eigenvalue weighted by atomic mass is 16.7. The Morgan fingerprint density at radius 2 is 1.62 bits per heavy atom. The summed E-state index contributed by atoms with van der Waals surface area (Å²) in [5.74, 6) is 0.210. The average molecular weight is 637 g/mol. The number of rotatable bonds is 7. The number of hydrogen-bond acceptors (Lipinski definition) is 9. The summed E-state index contributed by atoms with van der Waals surface area (Å²) in [4.78, 5) is 0. The highest BCUT2D eigenvalue weighted by Crippen LogP contribution is 2.76. The topological polar surface area (TPSA) is 160 Å². The first kappa shape index (κ1) is 35.4. The fraction of sp³-hybridized carbons (Fsp3) is 0.889. The van der Waals surface area contributed by atoms with Crippen molar-refractivity contribution in [2.75, 3.05) is 6.61 Å². The van der Waals surface area contributed by atoms with Crippen LogP contribution in [0.2, 0.25) is 0 Å². The number of aliphatic hydroxyl groups excluding tert-OH is 7. The van der Waals surface area contributed by atoms with E-state index in [0.717, 1.165) is 24.8 Å². The maximum Gasteiger partial charge on any atom is 0.186 e. The van der Waals surface area contributed by atoms with Crippen molar-refractivity contribution in [3.8, 4) is 0 Å². The molecule has 9 heteroatoms. The minimum Gasteiger partial charge on any atom is -0.394 e. The Morgan fingerprint density at radius 1 is 0.956 bits per heavy atom. The van der Waals surface area contributed by atoms with E-state index in [2.05, 4.69) is 54.2 Å². The normalized spacial score (nSPS) is 52.0. The van der Waals surface area contributed by atoms with Gasteiger partial charge in [-0.2, -0.15) is 0 Å². The number of hydrogen-bond donors (Lipinski definition) is 7. The summed E-state index contributed by atoms with van der Waals surface area (Å²) < 4.78 is 12.6. The summed E-state index contributed by atoms with van der Waals surface area (Å²) in [6, 6.07) is 0. The van der Waals surface area contributed by atoms with Gasteiger partial charge in [-0.25, -0.2) is 0 Å². The molecular weight excluding hydrogens is 576 g/mol. The predicted molar refractivity (Wildman–Crippen MR) is 170 cm³/mol. The van der Waals surface area contributed by atoms with Crippen LogP contribution in [0.4, 0.5) is 0 Å². The minimum absolute atomic E-state index is 0.0206. The van der Waals surface area contributed by atoms with Crippen molar-refractivity contribution in [1.29, 1.82) is 0 Å². The van der Waals surface area contributed by atoms with E-state index in [1.165, 1.54) is 5.57 Å². The lowest BCUT2D eigenvalue weighted by molar-refractivity contribution is -0.346. The monoisotopic (exact) mass is 636 g/mol. The van der Waals surface area contributed by atoms with Gasteiger partial charge >= 0.3 is 0 Å². The van der Waals surface area contributed by atoms with Crippen LogP contribution in [0.5, 0.6) is 0 Å². The van der Waals surface area contributed by atoms with Crippen LogP contribution in [0.1, 0.15) is 93.4 Å². The largest absolute Gasteiger partial charge is 0.394 e. The number of allylic oxidation sites excluding steroid dienone is 1. The highest BCUT2D eigenvalue weighted by molar-refractivity contribution is 5.24. The van der Waals surface area contributed by atoms with Crippen molar-refractivity contribution in [2.45, 2.75) is 149 Å². The van der Waals surface area contributed by atoms with E-state index < -0.39 is 67.1 Å². The summed E-state index contributed by atoms with van der Waals surface area (Å²) in [5, 5.41) is 75.6. The van der Waals surface area contributed by atoms with Crippen LogP contribution in [0.25, 0.3) is 0 Å². The maximum atomic E-state index is 12.0. The van der Waals surface area contributed by atoms with Crippen LogP contribution in [-0.4, -0.2) is 97.5 Å². The molecule has 258 valence electrons. The van der Waals surface area contributed by atoms with Crippen LogP contribution >= 0.6 is 0 Å². The molecule has 0 spiro atoms. The van der Waals surface area contributed by atoms with Crippen molar-refractivity contribution in [3.63, 3.8) is 0 Å². The molecule has 0 radical (unpaired) electrons. The molecule has 1 aliphatic heterocycles. The SMILES string of the molecule is C=C(C)[C@@H](O)C/C=C(/C)[C@H]1CC[C@]2(C)[C@@H]1[C@H](O)C[C@@H]1[C@@]3(C)CC[C@H](O)C(C)(C)[C@H]3[C@@H](O[C@@H]3O[C@H](CO)[C@@H](O)[C@H](O)[C@H]3O)C[C@]12C. The van der Waals surface area contributed by atoms with E-state index in [9.17, 15) is 35.7 Å². The first-order valence-electron chi connectivity index (χ1n) is 17.2. The molecule has 4 aliphatic carbocycles. The molecular formula is C36H60O9. The Balaban J connectivity index is 1.54. The van der Waals surface area contributed by atoms with Gasteiger partial charge in [0.25, 0.3) is 0 Å². The van der Waals surface area contributed by atoms with Crippen molar-refractivity contribution in [3.05, 3.63) is 23.8 Å². The lowest BCUT2D eigenvalue weighted by atomic mass is 9.34. The molecule has 0 aromatic heterocycles. The van der Waals surface area contributed by atoms with Gasteiger partial charge in [-0.3, -0.25) is 0 Å². The van der Waals surface area contributed by atoms with Gasteiger partial charge in [0.2, 0.25) is 0 Å². The number of ether oxygens (including phenoxy) is 2. The molecule has 5 rings (SSSR count). The molecule has 0 unspecified atom stereocenters. The molecule has 0 amide bonds. The van der Waals surface area contributed by atoms with Gasteiger partial charge in [-0.05, 0) is 104 Å². The second-order valence-electron chi connectivity index (χ2n) is 16.8. The van der Waals surface area contributed by atoms with E-state index in [4.69, 9.17) is 9.47 Å². The molecule has 45 heavy (non-hydrogen) atoms. The summed E-state index contributed by atoms with van der Waals surface area (Å²) in [7, 11) is 0. The summed E-state index contributed by atoms with van der Waals surface area (Å²) >= 11 is 0. The quantitative estimate of drug-likeness (QED) is 0.165. The first-order chi connectivity index (χ1) is 20.8. The summed E-state index contributed by atoms with van der Waals surface area (Å²) in [6.07, 6.45) is -1.78. The van der Waals surface area contributed by atoms with Gasteiger partial charge in [0.1, 0.15) is 24.4 Å². The third-order valence-corrected chi connectivity index (χ3v) is 14.2. The Bertz CT molecular complexity index is 1140. The van der Waals surface area contributed by atoms with Gasteiger partial charge in [0.15, 0.2) is 6.29 Å². The number of aliphatic hydroxyl groups is 7. The fourth-order valence-corrected chi connectivity index (χ4v) is 11.5.